The molecule has 0 bridgehead atoms. The summed E-state index contributed by atoms with van der Waals surface area (Å²) in [4.78, 5) is 13.9. The second-order valence-corrected chi connectivity index (χ2v) is 5.13. The van der Waals surface area contributed by atoms with Crippen LogP contribution < -0.4 is 15.5 Å². The molecular formula is C15H23N3O. The Hall–Kier alpha value is -1.55. The molecule has 1 atom stereocenters. The van der Waals surface area contributed by atoms with Gasteiger partial charge in [0.25, 0.3) is 0 Å². The summed E-state index contributed by atoms with van der Waals surface area (Å²) in [6.45, 7) is 6.33. The number of hydrogen-bond acceptors (Lipinski definition) is 3. The van der Waals surface area contributed by atoms with Gasteiger partial charge < -0.3 is 15.5 Å². The molecule has 104 valence electrons. The van der Waals surface area contributed by atoms with Crippen LogP contribution in [-0.4, -0.2) is 32.1 Å². The lowest BCUT2D eigenvalue weighted by Crippen LogP contribution is -2.41. The van der Waals surface area contributed by atoms with E-state index >= 15 is 0 Å². The zero-order valence-corrected chi connectivity index (χ0v) is 12.0. The maximum atomic E-state index is 11.6. The minimum Gasteiger partial charge on any atom is -0.374 e. The number of rotatable bonds is 5. The molecular weight excluding hydrogens is 238 g/mol. The van der Waals surface area contributed by atoms with Crippen molar-refractivity contribution in [2.24, 2.45) is 0 Å². The van der Waals surface area contributed by atoms with Gasteiger partial charge in [-0.1, -0.05) is 12.1 Å². The fraction of sp³-hybridized carbons (Fsp3) is 0.533. The molecule has 1 aliphatic heterocycles. The van der Waals surface area contributed by atoms with Gasteiger partial charge in [-0.25, -0.2) is 0 Å². The van der Waals surface area contributed by atoms with E-state index in [0.29, 0.717) is 6.54 Å². The maximum absolute atomic E-state index is 11.6. The first-order chi connectivity index (χ1) is 9.11. The van der Waals surface area contributed by atoms with Crippen LogP contribution in [0.5, 0.6) is 0 Å². The van der Waals surface area contributed by atoms with Gasteiger partial charge >= 0.3 is 0 Å². The van der Waals surface area contributed by atoms with Crippen LogP contribution in [0.15, 0.2) is 18.2 Å². The highest BCUT2D eigenvalue weighted by molar-refractivity contribution is 5.81. The third kappa shape index (κ3) is 3.26. The highest BCUT2D eigenvalue weighted by Gasteiger charge is 2.16. The van der Waals surface area contributed by atoms with Crippen molar-refractivity contribution in [3.63, 3.8) is 0 Å². The first-order valence-electron chi connectivity index (χ1n) is 6.96. The summed E-state index contributed by atoms with van der Waals surface area (Å²) in [5.41, 5.74) is 3.98. The van der Waals surface area contributed by atoms with Gasteiger partial charge in [0.15, 0.2) is 0 Å². The minimum absolute atomic E-state index is 0.0587. The summed E-state index contributed by atoms with van der Waals surface area (Å²) in [6, 6.07) is 6.40. The van der Waals surface area contributed by atoms with Crippen LogP contribution in [0, 0.1) is 0 Å². The predicted octanol–water partition coefficient (Wildman–Crippen LogP) is 1.29. The van der Waals surface area contributed by atoms with Crippen LogP contribution >= 0.6 is 0 Å². The SMILES string of the molecule is CCNC(=O)C(C)NCc1ccc2c(c1)CCN2C. The lowest BCUT2D eigenvalue weighted by Gasteiger charge is -2.15. The van der Waals surface area contributed by atoms with Crippen molar-refractivity contribution in [3.8, 4) is 0 Å². The number of carbonyl (C=O) groups excluding carboxylic acids is 1. The number of benzene rings is 1. The maximum Gasteiger partial charge on any atom is 0.236 e. The molecule has 2 N–H and O–H groups in total. The summed E-state index contributed by atoms with van der Waals surface area (Å²) >= 11 is 0. The van der Waals surface area contributed by atoms with Gasteiger partial charge in [0, 0.05) is 32.4 Å². The first kappa shape index (κ1) is 13.9. The molecule has 0 radical (unpaired) electrons. The number of likely N-dealkylation sites (N-methyl/N-ethyl adjacent to an activating group) is 2. The van der Waals surface area contributed by atoms with Gasteiger partial charge in [0.05, 0.1) is 6.04 Å². The lowest BCUT2D eigenvalue weighted by molar-refractivity contribution is -0.122. The smallest absolute Gasteiger partial charge is 0.236 e. The summed E-state index contributed by atoms with van der Waals surface area (Å²) < 4.78 is 0. The van der Waals surface area contributed by atoms with Gasteiger partial charge in [0.1, 0.15) is 0 Å². The molecule has 0 saturated heterocycles. The van der Waals surface area contributed by atoms with Crippen LogP contribution in [0.3, 0.4) is 0 Å². The zero-order valence-electron chi connectivity index (χ0n) is 12.0. The van der Waals surface area contributed by atoms with Crippen molar-refractivity contribution < 1.29 is 4.79 Å². The topological polar surface area (TPSA) is 44.4 Å². The van der Waals surface area contributed by atoms with E-state index in [-0.39, 0.29) is 11.9 Å². The molecule has 0 aromatic heterocycles. The van der Waals surface area contributed by atoms with Gasteiger partial charge in [-0.15, -0.1) is 0 Å². The molecule has 1 aromatic carbocycles. The molecule has 0 fully saturated rings. The number of amides is 1. The Bertz CT molecular complexity index is 459. The molecule has 0 spiro atoms. The summed E-state index contributed by atoms with van der Waals surface area (Å²) in [7, 11) is 2.13. The van der Waals surface area contributed by atoms with E-state index in [1.54, 1.807) is 0 Å². The molecule has 0 saturated carbocycles. The molecule has 1 heterocycles. The van der Waals surface area contributed by atoms with Crippen LogP contribution in [0.1, 0.15) is 25.0 Å². The molecule has 19 heavy (non-hydrogen) atoms. The Morgan fingerprint density at radius 3 is 3.00 bits per heavy atom. The lowest BCUT2D eigenvalue weighted by atomic mass is 10.1. The average Bonchev–Trinajstić information content (AvgIpc) is 2.77. The van der Waals surface area contributed by atoms with Gasteiger partial charge in [-0.3, -0.25) is 4.79 Å². The highest BCUT2D eigenvalue weighted by atomic mass is 16.2. The van der Waals surface area contributed by atoms with Crippen molar-refractivity contribution >= 4 is 11.6 Å². The molecule has 1 aliphatic rings. The number of anilines is 1. The van der Waals surface area contributed by atoms with E-state index in [1.165, 1.54) is 16.8 Å². The highest BCUT2D eigenvalue weighted by Crippen LogP contribution is 2.27. The monoisotopic (exact) mass is 261 g/mol. The van der Waals surface area contributed by atoms with Crippen LogP contribution in [-0.2, 0) is 17.8 Å². The Balaban J connectivity index is 1.92. The fourth-order valence-electron chi connectivity index (χ4n) is 2.42. The van der Waals surface area contributed by atoms with E-state index in [2.05, 4.69) is 40.8 Å². The van der Waals surface area contributed by atoms with Crippen LogP contribution in [0.2, 0.25) is 0 Å². The van der Waals surface area contributed by atoms with Crippen molar-refractivity contribution in [1.82, 2.24) is 10.6 Å². The quantitative estimate of drug-likeness (QED) is 0.839. The van der Waals surface area contributed by atoms with E-state index in [0.717, 1.165) is 19.5 Å². The Labute approximate surface area is 115 Å². The number of fused-ring (bicyclic) bond motifs is 1. The summed E-state index contributed by atoms with van der Waals surface area (Å²) in [5, 5.41) is 6.08. The Kier molecular flexibility index (Phi) is 4.43. The third-order valence-electron chi connectivity index (χ3n) is 3.63. The van der Waals surface area contributed by atoms with Gasteiger partial charge in [-0.2, -0.15) is 0 Å². The molecule has 4 nitrogen and oxygen atoms in total. The van der Waals surface area contributed by atoms with Crippen LogP contribution in [0.25, 0.3) is 0 Å². The summed E-state index contributed by atoms with van der Waals surface area (Å²) in [6.07, 6.45) is 1.12. The van der Waals surface area contributed by atoms with E-state index in [4.69, 9.17) is 0 Å². The second-order valence-electron chi connectivity index (χ2n) is 5.13. The summed E-state index contributed by atoms with van der Waals surface area (Å²) in [5.74, 6) is 0.0587. The normalized spacial score (nSPS) is 15.2. The van der Waals surface area contributed by atoms with E-state index < -0.39 is 0 Å². The van der Waals surface area contributed by atoms with Crippen molar-refractivity contribution in [3.05, 3.63) is 29.3 Å². The van der Waals surface area contributed by atoms with Crippen LogP contribution in [0.4, 0.5) is 5.69 Å². The van der Waals surface area contributed by atoms with Gasteiger partial charge in [-0.05, 0) is 37.5 Å². The Morgan fingerprint density at radius 1 is 1.47 bits per heavy atom. The minimum atomic E-state index is -0.157. The molecule has 0 aliphatic carbocycles. The van der Waals surface area contributed by atoms with E-state index in [1.807, 2.05) is 13.8 Å². The average molecular weight is 261 g/mol. The molecule has 1 unspecified atom stereocenters. The predicted molar refractivity (Wildman–Crippen MR) is 78.4 cm³/mol. The Morgan fingerprint density at radius 2 is 2.26 bits per heavy atom. The fourth-order valence-corrected chi connectivity index (χ4v) is 2.42. The first-order valence-corrected chi connectivity index (χ1v) is 6.96. The zero-order chi connectivity index (χ0) is 13.8. The number of nitrogens with one attached hydrogen (secondary N) is 2. The van der Waals surface area contributed by atoms with Crippen molar-refractivity contribution in [2.75, 3.05) is 25.0 Å². The standard InChI is InChI=1S/C15H23N3O/c1-4-16-15(19)11(2)17-10-12-5-6-14-13(9-12)7-8-18(14)3/h5-6,9,11,17H,4,7-8,10H2,1-3H3,(H,16,19). The molecule has 1 amide bonds. The number of carbonyl (C=O) groups is 1. The number of hydrogen-bond donors (Lipinski definition) is 2. The van der Waals surface area contributed by atoms with Crippen molar-refractivity contribution in [2.45, 2.75) is 32.9 Å². The second kappa shape index (κ2) is 6.06. The molecule has 4 heteroatoms. The molecule has 1 aromatic rings. The van der Waals surface area contributed by atoms with E-state index in [9.17, 15) is 4.79 Å². The third-order valence-corrected chi connectivity index (χ3v) is 3.63. The van der Waals surface area contributed by atoms with Gasteiger partial charge in [0.2, 0.25) is 5.91 Å². The van der Waals surface area contributed by atoms with Crippen molar-refractivity contribution in [1.29, 1.82) is 0 Å². The largest absolute Gasteiger partial charge is 0.374 e. The number of nitrogens with zero attached hydrogens (tertiary/aromatic N) is 1. The molecule has 2 rings (SSSR count).